The zero-order valence-corrected chi connectivity index (χ0v) is 6.69. The first kappa shape index (κ1) is 9.37. The molecule has 0 heterocycles. The normalized spacial score (nSPS) is 12.2. The van der Waals surface area contributed by atoms with Crippen molar-refractivity contribution in [3.05, 3.63) is 0 Å². The van der Waals surface area contributed by atoms with Gasteiger partial charge in [-0.25, -0.2) is 0 Å². The van der Waals surface area contributed by atoms with Crippen molar-refractivity contribution >= 4 is 21.4 Å². The second-order valence-corrected chi connectivity index (χ2v) is 2.17. The quantitative estimate of drug-likeness (QED) is 0.614. The number of rotatable bonds is 3. The van der Waals surface area contributed by atoms with Gasteiger partial charge < -0.3 is 9.63 Å². The molecule has 5 heteroatoms. The Morgan fingerprint density at radius 1 is 1.70 bits per heavy atom. The molecule has 0 aliphatic heterocycles. The first-order chi connectivity index (χ1) is 4.57. The van der Waals surface area contributed by atoms with E-state index in [1.54, 1.807) is 9.47 Å². The van der Waals surface area contributed by atoms with E-state index in [9.17, 15) is 9.59 Å². The van der Waals surface area contributed by atoms with Gasteiger partial charge in [0.2, 0.25) is 0 Å². The third kappa shape index (κ3) is 3.41. The molecule has 4 nitrogen and oxygen atoms in total. The van der Waals surface area contributed by atoms with E-state index in [0.717, 1.165) is 0 Å². The van der Waals surface area contributed by atoms with E-state index in [4.69, 9.17) is 5.11 Å². The molecular formula is C5H9O4P. The Morgan fingerprint density at radius 3 is 2.50 bits per heavy atom. The highest BCUT2D eigenvalue weighted by atomic mass is 31.0. The Kier molecular flexibility index (Phi) is 3.96. The fraction of sp³-hybridized carbons (Fsp3) is 0.600. The van der Waals surface area contributed by atoms with E-state index in [0.29, 0.717) is 0 Å². The van der Waals surface area contributed by atoms with Crippen LogP contribution in [-0.2, 0) is 14.1 Å². The van der Waals surface area contributed by atoms with Crippen LogP contribution >= 0.6 is 9.47 Å². The summed E-state index contributed by atoms with van der Waals surface area (Å²) in [6.07, 6.45) is -0.0845. The minimum absolute atomic E-state index is 0.0845. The lowest BCUT2D eigenvalue weighted by Crippen LogP contribution is -2.14. The van der Waals surface area contributed by atoms with Crippen molar-refractivity contribution in [3.8, 4) is 0 Å². The summed E-state index contributed by atoms with van der Waals surface area (Å²) < 4.78 is 4.19. The minimum Gasteiger partial charge on any atom is -0.481 e. The topological polar surface area (TPSA) is 63.6 Å². The molecule has 2 atom stereocenters. The molecule has 58 valence electrons. The molecule has 0 aliphatic rings. The van der Waals surface area contributed by atoms with Crippen LogP contribution in [-0.4, -0.2) is 17.0 Å². The smallest absolute Gasteiger partial charge is 0.308 e. The maximum atomic E-state index is 10.4. The van der Waals surface area contributed by atoms with Crippen LogP contribution in [0.2, 0.25) is 0 Å². The molecule has 0 radical (unpaired) electrons. The highest BCUT2D eigenvalue weighted by molar-refractivity contribution is 7.10. The second kappa shape index (κ2) is 4.23. The number of carbonyl (C=O) groups excluding carboxylic acids is 1. The monoisotopic (exact) mass is 164 g/mol. The molecule has 0 spiro atoms. The highest BCUT2D eigenvalue weighted by Crippen LogP contribution is 2.04. The maximum absolute atomic E-state index is 10.4. The Hall–Kier alpha value is -0.630. The van der Waals surface area contributed by atoms with Gasteiger partial charge in [-0.1, -0.05) is 6.92 Å². The van der Waals surface area contributed by atoms with E-state index >= 15 is 0 Å². The van der Waals surface area contributed by atoms with Gasteiger partial charge in [-0.15, -0.1) is 0 Å². The van der Waals surface area contributed by atoms with Gasteiger partial charge in [-0.2, -0.15) is 0 Å². The summed E-state index contributed by atoms with van der Waals surface area (Å²) in [4.78, 5) is 20.6. The van der Waals surface area contributed by atoms with Crippen LogP contribution < -0.4 is 0 Å². The number of carbonyl (C=O) groups is 2. The minimum atomic E-state index is -0.990. The average molecular weight is 164 g/mol. The van der Waals surface area contributed by atoms with E-state index in [2.05, 4.69) is 4.52 Å². The third-order valence-electron chi connectivity index (χ3n) is 1.03. The third-order valence-corrected chi connectivity index (χ3v) is 1.29. The largest absolute Gasteiger partial charge is 0.481 e. The fourth-order valence-corrected chi connectivity index (χ4v) is 0.482. The van der Waals surface area contributed by atoms with Gasteiger partial charge in [0.15, 0.2) is 0 Å². The van der Waals surface area contributed by atoms with Crippen LogP contribution in [0.1, 0.15) is 13.3 Å². The van der Waals surface area contributed by atoms with Gasteiger partial charge in [0.05, 0.1) is 21.8 Å². The molecule has 0 aromatic rings. The number of carboxylic acid groups (broad SMARTS) is 1. The molecule has 0 aromatic heterocycles. The maximum Gasteiger partial charge on any atom is 0.308 e. The molecular weight excluding hydrogens is 155 g/mol. The first-order valence-electron chi connectivity index (χ1n) is 2.70. The Bertz CT molecular complexity index is 145. The molecule has 0 bridgehead atoms. The van der Waals surface area contributed by atoms with Crippen LogP contribution in [0.5, 0.6) is 0 Å². The predicted molar refractivity (Wildman–Crippen MR) is 37.2 cm³/mol. The lowest BCUT2D eigenvalue weighted by molar-refractivity contribution is -0.146. The lowest BCUT2D eigenvalue weighted by Gasteiger charge is -2.01. The van der Waals surface area contributed by atoms with Crippen molar-refractivity contribution in [2.75, 3.05) is 0 Å². The summed E-state index contributed by atoms with van der Waals surface area (Å²) in [7, 11) is 1.77. The lowest BCUT2D eigenvalue weighted by atomic mass is 10.1. The Labute approximate surface area is 60.8 Å². The molecule has 0 saturated carbocycles. The summed E-state index contributed by atoms with van der Waals surface area (Å²) in [6.45, 7) is 1.45. The number of hydrogen-bond acceptors (Lipinski definition) is 3. The van der Waals surface area contributed by atoms with Gasteiger partial charge in [0.25, 0.3) is 0 Å². The van der Waals surface area contributed by atoms with Crippen LogP contribution in [0.3, 0.4) is 0 Å². The van der Waals surface area contributed by atoms with Crippen LogP contribution in [0.15, 0.2) is 0 Å². The summed E-state index contributed by atoms with van der Waals surface area (Å²) in [6, 6.07) is 0. The SMILES string of the molecule is C[C@@H](CC(=O)OP)C(=O)O. The van der Waals surface area contributed by atoms with Crippen LogP contribution in [0, 0.1) is 5.92 Å². The standard InChI is InChI=1S/C5H9O4P/c1-3(5(7)8)2-4(6)9-10/h3H,2,10H2,1H3,(H,7,8)/t3-/m0/s1. The summed E-state index contributed by atoms with van der Waals surface area (Å²) in [5.41, 5.74) is 0. The summed E-state index contributed by atoms with van der Waals surface area (Å²) in [5, 5.41) is 8.31. The van der Waals surface area contributed by atoms with Crippen molar-refractivity contribution in [2.24, 2.45) is 5.92 Å². The molecule has 0 rings (SSSR count). The van der Waals surface area contributed by atoms with Gasteiger partial charge in [0.1, 0.15) is 0 Å². The first-order valence-corrected chi connectivity index (χ1v) is 3.17. The van der Waals surface area contributed by atoms with Gasteiger partial charge in [-0.05, 0) is 0 Å². The molecule has 0 fully saturated rings. The van der Waals surface area contributed by atoms with Crippen molar-refractivity contribution in [3.63, 3.8) is 0 Å². The molecule has 0 saturated heterocycles. The summed E-state index contributed by atoms with van der Waals surface area (Å²) >= 11 is 0. The van der Waals surface area contributed by atoms with Crippen LogP contribution in [0.25, 0.3) is 0 Å². The van der Waals surface area contributed by atoms with E-state index in [1.807, 2.05) is 0 Å². The number of hydrogen-bond donors (Lipinski definition) is 1. The highest BCUT2D eigenvalue weighted by Gasteiger charge is 2.15. The molecule has 1 N–H and O–H groups in total. The molecule has 0 aliphatic carbocycles. The fourth-order valence-electron chi connectivity index (χ4n) is 0.385. The predicted octanol–water partition coefficient (Wildman–Crippen LogP) is 0.430. The van der Waals surface area contributed by atoms with E-state index in [1.165, 1.54) is 6.92 Å². The molecule has 0 aromatic carbocycles. The van der Waals surface area contributed by atoms with Crippen molar-refractivity contribution in [1.29, 1.82) is 0 Å². The average Bonchev–Trinajstić information content (AvgIpc) is 1.87. The molecule has 1 unspecified atom stereocenters. The van der Waals surface area contributed by atoms with Crippen LogP contribution in [0.4, 0.5) is 0 Å². The number of carboxylic acids is 1. The van der Waals surface area contributed by atoms with Crippen molar-refractivity contribution < 1.29 is 19.2 Å². The van der Waals surface area contributed by atoms with Gasteiger partial charge in [-0.3, -0.25) is 9.59 Å². The zero-order valence-electron chi connectivity index (χ0n) is 5.53. The molecule has 10 heavy (non-hydrogen) atoms. The second-order valence-electron chi connectivity index (χ2n) is 1.93. The van der Waals surface area contributed by atoms with E-state index < -0.39 is 17.9 Å². The number of aliphatic carboxylic acids is 1. The summed E-state index contributed by atoms with van der Waals surface area (Å²) in [5.74, 6) is -2.19. The molecule has 0 amide bonds. The van der Waals surface area contributed by atoms with E-state index in [-0.39, 0.29) is 6.42 Å². The van der Waals surface area contributed by atoms with Gasteiger partial charge >= 0.3 is 11.9 Å². The van der Waals surface area contributed by atoms with Gasteiger partial charge in [0, 0.05) is 0 Å². The Morgan fingerprint density at radius 2 is 2.20 bits per heavy atom. The van der Waals surface area contributed by atoms with Crippen molar-refractivity contribution in [1.82, 2.24) is 0 Å². The van der Waals surface area contributed by atoms with Crippen molar-refractivity contribution in [2.45, 2.75) is 13.3 Å². The Balaban J connectivity index is 3.68. The zero-order chi connectivity index (χ0) is 8.15.